The number of fused-ring (bicyclic) bond motifs is 3. The number of rotatable bonds is 5. The van der Waals surface area contributed by atoms with Crippen molar-refractivity contribution >= 4 is 66.0 Å². The van der Waals surface area contributed by atoms with Crippen molar-refractivity contribution < 1.29 is 19.5 Å². The number of amides is 3. The second-order valence-corrected chi connectivity index (χ2v) is 13.9. The molecule has 2 aliphatic heterocycles. The van der Waals surface area contributed by atoms with E-state index >= 15 is 0 Å². The van der Waals surface area contributed by atoms with Gasteiger partial charge in [-0.25, -0.2) is 0 Å². The van der Waals surface area contributed by atoms with Crippen molar-refractivity contribution in [1.29, 1.82) is 0 Å². The van der Waals surface area contributed by atoms with E-state index in [1.54, 1.807) is 48.5 Å². The number of anilines is 1. The van der Waals surface area contributed by atoms with Gasteiger partial charge in [-0.05, 0) is 89.7 Å². The molecule has 45 heavy (non-hydrogen) atoms. The number of halogens is 2. The molecule has 0 bridgehead atoms. The largest absolute Gasteiger partial charge is 0.369 e. The molecule has 8 heteroatoms. The Labute approximate surface area is 276 Å². The summed E-state index contributed by atoms with van der Waals surface area (Å²) in [5.41, 5.74) is 6.69. The van der Waals surface area contributed by atoms with E-state index < -0.39 is 6.23 Å². The van der Waals surface area contributed by atoms with Crippen molar-refractivity contribution in [1.82, 2.24) is 4.90 Å². The van der Waals surface area contributed by atoms with Crippen LogP contribution in [-0.2, 0) is 5.41 Å². The summed E-state index contributed by atoms with van der Waals surface area (Å²) >= 11 is 7.29. The summed E-state index contributed by atoms with van der Waals surface area (Å²) in [6.07, 6.45) is 0.0783. The van der Waals surface area contributed by atoms with Crippen molar-refractivity contribution in [2.75, 3.05) is 11.4 Å². The smallest absolute Gasteiger partial charge is 0.261 e. The number of benzene rings is 5. The van der Waals surface area contributed by atoms with Crippen LogP contribution >= 0.6 is 31.9 Å². The van der Waals surface area contributed by atoms with Gasteiger partial charge in [0.1, 0.15) is 0 Å². The van der Waals surface area contributed by atoms with Crippen LogP contribution in [0.4, 0.5) is 5.69 Å². The van der Waals surface area contributed by atoms with Crippen LogP contribution in [-0.4, -0.2) is 34.3 Å². The number of aliphatic hydroxyl groups excluding tert-OH is 1. The molecule has 1 N–H and O–H groups in total. The van der Waals surface area contributed by atoms with Crippen molar-refractivity contribution in [3.8, 4) is 11.1 Å². The highest BCUT2D eigenvalue weighted by Crippen LogP contribution is 2.52. The molecule has 0 fully saturated rings. The summed E-state index contributed by atoms with van der Waals surface area (Å²) in [5, 5.41) is 12.3. The highest BCUT2D eigenvalue weighted by Gasteiger charge is 2.42. The normalized spacial score (nSPS) is 17.6. The van der Waals surface area contributed by atoms with E-state index in [1.165, 1.54) is 32.1 Å². The Bertz CT molecular complexity index is 2050. The number of carbonyl (C=O) groups excluding carboxylic acids is 3. The second kappa shape index (κ2) is 10.2. The summed E-state index contributed by atoms with van der Waals surface area (Å²) in [6.45, 7) is 2.49. The molecule has 1 aliphatic carbocycles. The third kappa shape index (κ3) is 4.05. The minimum absolute atomic E-state index is 0.258. The lowest BCUT2D eigenvalue weighted by Crippen LogP contribution is -2.43. The standard InChI is InChI=1S/C37H26Br2N2O4/c1-37(29-18-20(38)8-10-23(29)24-11-9-21(39)19-30(24)37)16-5-17-40-33(42)25-12-14-27-32-28(15-13-26(31(25)32)34(40)43)36(45)41(35(27)44)22-6-3-2-4-7-22/h2-4,6-15,18-19,35,44H,5,16-17H2,1H3. The quantitative estimate of drug-likeness (QED) is 0.185. The topological polar surface area (TPSA) is 77.9 Å². The third-order valence-electron chi connectivity index (χ3n) is 9.65. The van der Waals surface area contributed by atoms with E-state index in [2.05, 4.69) is 75.2 Å². The van der Waals surface area contributed by atoms with Crippen LogP contribution in [0.25, 0.3) is 21.9 Å². The monoisotopic (exact) mass is 720 g/mol. The minimum atomic E-state index is -1.25. The van der Waals surface area contributed by atoms with Gasteiger partial charge in [0.15, 0.2) is 6.23 Å². The zero-order valence-electron chi connectivity index (χ0n) is 24.2. The van der Waals surface area contributed by atoms with E-state index in [-0.39, 0.29) is 29.7 Å². The summed E-state index contributed by atoms with van der Waals surface area (Å²) < 4.78 is 2.01. The minimum Gasteiger partial charge on any atom is -0.369 e. The summed E-state index contributed by atoms with van der Waals surface area (Å²) in [6, 6.07) is 28.4. The summed E-state index contributed by atoms with van der Waals surface area (Å²) in [7, 11) is 0. The lowest BCUT2D eigenvalue weighted by molar-refractivity contribution is 0.0604. The first kappa shape index (κ1) is 28.4. The molecule has 6 nitrogen and oxygen atoms in total. The van der Waals surface area contributed by atoms with E-state index in [0.29, 0.717) is 45.1 Å². The molecule has 8 rings (SSSR count). The van der Waals surface area contributed by atoms with Crippen molar-refractivity contribution in [3.63, 3.8) is 0 Å². The Morgan fingerprint density at radius 1 is 0.689 bits per heavy atom. The van der Waals surface area contributed by atoms with Gasteiger partial charge in [-0.1, -0.05) is 75.2 Å². The number of para-hydroxylation sites is 1. The lowest BCUT2D eigenvalue weighted by atomic mass is 9.76. The first-order valence-corrected chi connectivity index (χ1v) is 16.4. The fourth-order valence-electron chi connectivity index (χ4n) is 7.51. The Morgan fingerprint density at radius 3 is 1.82 bits per heavy atom. The van der Waals surface area contributed by atoms with Crippen LogP contribution in [0.5, 0.6) is 0 Å². The van der Waals surface area contributed by atoms with Gasteiger partial charge >= 0.3 is 0 Å². The van der Waals surface area contributed by atoms with E-state index in [1.807, 2.05) is 6.07 Å². The highest BCUT2D eigenvalue weighted by atomic mass is 79.9. The Balaban J connectivity index is 1.12. The van der Waals surface area contributed by atoms with E-state index in [4.69, 9.17) is 0 Å². The van der Waals surface area contributed by atoms with Gasteiger partial charge in [-0.3, -0.25) is 24.2 Å². The van der Waals surface area contributed by atoms with Crippen LogP contribution in [0, 0.1) is 0 Å². The summed E-state index contributed by atoms with van der Waals surface area (Å²) in [4.78, 5) is 44.2. The molecule has 222 valence electrons. The molecular weight excluding hydrogens is 696 g/mol. The predicted molar refractivity (Wildman–Crippen MR) is 180 cm³/mol. The SMILES string of the molecule is CC1(CCCN2C(=O)c3ccc4c5c(ccc(c35)C2=O)C(O)N(c2ccccc2)C4=O)c2cc(Br)ccc2-c2ccc(Br)cc21. The molecule has 1 unspecified atom stereocenters. The molecular formula is C37H26Br2N2O4. The third-order valence-corrected chi connectivity index (χ3v) is 10.6. The number of nitrogens with zero attached hydrogens (tertiary/aromatic N) is 2. The molecule has 5 aromatic carbocycles. The second-order valence-electron chi connectivity index (χ2n) is 12.1. The van der Waals surface area contributed by atoms with Gasteiger partial charge in [0.25, 0.3) is 17.7 Å². The first-order valence-electron chi connectivity index (χ1n) is 14.8. The number of hydrogen-bond donors (Lipinski definition) is 1. The maximum Gasteiger partial charge on any atom is 0.261 e. The number of hydrogen-bond acceptors (Lipinski definition) is 4. The number of imide groups is 1. The van der Waals surface area contributed by atoms with E-state index in [9.17, 15) is 19.5 Å². The predicted octanol–water partition coefficient (Wildman–Crippen LogP) is 8.38. The maximum atomic E-state index is 13.9. The molecule has 0 aromatic heterocycles. The Morgan fingerprint density at radius 2 is 1.22 bits per heavy atom. The molecule has 2 heterocycles. The molecule has 0 saturated carbocycles. The van der Waals surface area contributed by atoms with Crippen LogP contribution in [0.2, 0.25) is 0 Å². The van der Waals surface area contributed by atoms with Gasteiger partial charge in [0, 0.05) is 59.6 Å². The average Bonchev–Trinajstić information content (AvgIpc) is 3.27. The van der Waals surface area contributed by atoms with Crippen LogP contribution in [0.1, 0.15) is 73.8 Å². The zero-order valence-corrected chi connectivity index (χ0v) is 27.4. The van der Waals surface area contributed by atoms with Gasteiger partial charge in [-0.2, -0.15) is 0 Å². The van der Waals surface area contributed by atoms with Gasteiger partial charge < -0.3 is 5.11 Å². The zero-order chi connectivity index (χ0) is 31.2. The molecule has 3 amide bonds. The van der Waals surface area contributed by atoms with Crippen molar-refractivity contribution in [3.05, 3.63) is 133 Å². The molecule has 5 aromatic rings. The number of carbonyl (C=O) groups is 3. The van der Waals surface area contributed by atoms with Gasteiger partial charge in [0.05, 0.1) is 0 Å². The Hall–Kier alpha value is -4.11. The van der Waals surface area contributed by atoms with Crippen molar-refractivity contribution in [2.45, 2.75) is 31.4 Å². The molecule has 0 spiro atoms. The lowest BCUT2D eigenvalue weighted by Gasteiger charge is -2.36. The fourth-order valence-corrected chi connectivity index (χ4v) is 8.23. The summed E-state index contributed by atoms with van der Waals surface area (Å²) in [5.74, 6) is -1.14. The van der Waals surface area contributed by atoms with E-state index in [0.717, 1.165) is 15.4 Å². The van der Waals surface area contributed by atoms with Gasteiger partial charge in [-0.15, -0.1) is 0 Å². The van der Waals surface area contributed by atoms with Gasteiger partial charge in [0.2, 0.25) is 0 Å². The molecule has 0 radical (unpaired) electrons. The molecule has 3 aliphatic rings. The van der Waals surface area contributed by atoms with Crippen LogP contribution in [0.3, 0.4) is 0 Å². The highest BCUT2D eigenvalue weighted by molar-refractivity contribution is 9.10. The van der Waals surface area contributed by atoms with Crippen molar-refractivity contribution in [2.24, 2.45) is 0 Å². The molecule has 1 atom stereocenters. The Kier molecular flexibility index (Phi) is 6.43. The van der Waals surface area contributed by atoms with Crippen LogP contribution < -0.4 is 4.90 Å². The molecule has 0 saturated heterocycles. The first-order chi connectivity index (χ1) is 21.7. The number of aliphatic hydroxyl groups is 1. The average molecular weight is 722 g/mol. The fraction of sp³-hybridized carbons (Fsp3) is 0.162. The van der Waals surface area contributed by atoms with Crippen LogP contribution in [0.15, 0.2) is 99.9 Å². The maximum absolute atomic E-state index is 13.9.